The molecule has 1 N–H and O–H groups in total. The van der Waals surface area contributed by atoms with Crippen molar-refractivity contribution in [3.05, 3.63) is 0 Å². The van der Waals surface area contributed by atoms with Crippen molar-refractivity contribution in [2.75, 3.05) is 12.9 Å². The SMILES string of the molecule is COC1SCCCC1CC(=O)O. The van der Waals surface area contributed by atoms with Crippen LogP contribution in [0, 0.1) is 5.92 Å². The molecule has 3 nitrogen and oxygen atoms in total. The zero-order valence-electron chi connectivity index (χ0n) is 7.16. The van der Waals surface area contributed by atoms with Crippen LogP contribution in [0.3, 0.4) is 0 Å². The van der Waals surface area contributed by atoms with E-state index in [9.17, 15) is 4.79 Å². The van der Waals surface area contributed by atoms with E-state index in [1.54, 1.807) is 18.9 Å². The molecule has 12 heavy (non-hydrogen) atoms. The Balaban J connectivity index is 2.41. The lowest BCUT2D eigenvalue weighted by Gasteiger charge is -2.28. The molecule has 0 radical (unpaired) electrons. The molecule has 0 spiro atoms. The molecule has 2 atom stereocenters. The zero-order valence-corrected chi connectivity index (χ0v) is 7.97. The number of hydrogen-bond donors (Lipinski definition) is 1. The van der Waals surface area contributed by atoms with Gasteiger partial charge in [-0.3, -0.25) is 4.79 Å². The molecular weight excluding hydrogens is 176 g/mol. The Labute approximate surface area is 76.5 Å². The van der Waals surface area contributed by atoms with Crippen LogP contribution in [0.25, 0.3) is 0 Å². The molecule has 0 bridgehead atoms. The summed E-state index contributed by atoms with van der Waals surface area (Å²) >= 11 is 1.73. The van der Waals surface area contributed by atoms with Crippen molar-refractivity contribution in [1.29, 1.82) is 0 Å². The van der Waals surface area contributed by atoms with Crippen LogP contribution in [0.4, 0.5) is 0 Å². The van der Waals surface area contributed by atoms with Crippen molar-refractivity contribution in [3.63, 3.8) is 0 Å². The van der Waals surface area contributed by atoms with Crippen LogP contribution < -0.4 is 0 Å². The van der Waals surface area contributed by atoms with E-state index in [4.69, 9.17) is 9.84 Å². The lowest BCUT2D eigenvalue weighted by atomic mass is 10.0. The Hall–Kier alpha value is -0.220. The van der Waals surface area contributed by atoms with E-state index in [0.29, 0.717) is 0 Å². The van der Waals surface area contributed by atoms with Crippen LogP contribution >= 0.6 is 11.8 Å². The fraction of sp³-hybridized carbons (Fsp3) is 0.875. The topological polar surface area (TPSA) is 46.5 Å². The normalized spacial score (nSPS) is 30.1. The summed E-state index contributed by atoms with van der Waals surface area (Å²) in [4.78, 5) is 10.5. The summed E-state index contributed by atoms with van der Waals surface area (Å²) in [6, 6.07) is 0. The third-order valence-electron chi connectivity index (χ3n) is 2.06. The molecule has 0 aromatic carbocycles. The van der Waals surface area contributed by atoms with Gasteiger partial charge >= 0.3 is 5.97 Å². The van der Waals surface area contributed by atoms with Crippen LogP contribution in [0.2, 0.25) is 0 Å². The van der Waals surface area contributed by atoms with Crippen molar-refractivity contribution in [2.45, 2.75) is 24.7 Å². The number of aliphatic carboxylic acids is 1. The van der Waals surface area contributed by atoms with Gasteiger partial charge in [0.25, 0.3) is 0 Å². The Morgan fingerprint density at radius 1 is 1.75 bits per heavy atom. The minimum atomic E-state index is -0.718. The highest BCUT2D eigenvalue weighted by Gasteiger charge is 2.27. The molecule has 1 rings (SSSR count). The predicted octanol–water partition coefficient (Wildman–Crippen LogP) is 1.58. The van der Waals surface area contributed by atoms with Crippen LogP contribution in [0.15, 0.2) is 0 Å². The summed E-state index contributed by atoms with van der Waals surface area (Å²) in [5.74, 6) is 0.574. The van der Waals surface area contributed by atoms with E-state index >= 15 is 0 Å². The maximum atomic E-state index is 10.5. The summed E-state index contributed by atoms with van der Waals surface area (Å²) < 4.78 is 5.20. The molecular formula is C8H14O3S. The molecule has 0 aromatic rings. The average molecular weight is 190 g/mol. The Kier molecular flexibility index (Phi) is 3.88. The van der Waals surface area contributed by atoms with Crippen LogP contribution in [-0.4, -0.2) is 29.4 Å². The van der Waals surface area contributed by atoms with Gasteiger partial charge in [0.2, 0.25) is 0 Å². The summed E-state index contributed by atoms with van der Waals surface area (Å²) in [5.41, 5.74) is 0.0925. The fourth-order valence-corrected chi connectivity index (χ4v) is 2.71. The first-order valence-corrected chi connectivity index (χ1v) is 5.15. The summed E-state index contributed by atoms with van der Waals surface area (Å²) in [6.07, 6.45) is 2.34. The molecule has 2 unspecified atom stereocenters. The first-order valence-electron chi connectivity index (χ1n) is 4.10. The summed E-state index contributed by atoms with van der Waals surface area (Å²) in [5, 5.41) is 8.61. The van der Waals surface area contributed by atoms with Gasteiger partial charge in [-0.05, 0) is 18.6 Å². The largest absolute Gasteiger partial charge is 0.481 e. The number of rotatable bonds is 3. The molecule has 70 valence electrons. The van der Waals surface area contributed by atoms with Gasteiger partial charge in [0.1, 0.15) is 5.44 Å². The maximum absolute atomic E-state index is 10.5. The average Bonchev–Trinajstić information content (AvgIpc) is 2.04. The molecule has 1 aliphatic heterocycles. The van der Waals surface area contributed by atoms with E-state index in [1.807, 2.05) is 0 Å². The van der Waals surface area contributed by atoms with Gasteiger partial charge in [0.05, 0.1) is 6.42 Å². The van der Waals surface area contributed by atoms with E-state index in [0.717, 1.165) is 18.6 Å². The summed E-state index contributed by atoms with van der Waals surface area (Å²) in [7, 11) is 1.65. The minimum Gasteiger partial charge on any atom is -0.481 e. The lowest BCUT2D eigenvalue weighted by molar-refractivity contribution is -0.138. The molecule has 0 aromatic heterocycles. The first-order chi connectivity index (χ1) is 5.74. The fourth-order valence-electron chi connectivity index (χ4n) is 1.50. The highest BCUT2D eigenvalue weighted by Crippen LogP contribution is 2.32. The number of carbonyl (C=O) groups is 1. The van der Waals surface area contributed by atoms with Gasteiger partial charge < -0.3 is 9.84 Å². The van der Waals surface area contributed by atoms with Gasteiger partial charge in [-0.1, -0.05) is 0 Å². The van der Waals surface area contributed by atoms with Crippen molar-refractivity contribution in [2.24, 2.45) is 5.92 Å². The maximum Gasteiger partial charge on any atom is 0.303 e. The van der Waals surface area contributed by atoms with Gasteiger partial charge in [-0.2, -0.15) is 0 Å². The first kappa shape index (κ1) is 9.86. The molecule has 0 saturated carbocycles. The number of carboxylic acids is 1. The van der Waals surface area contributed by atoms with Crippen LogP contribution in [-0.2, 0) is 9.53 Å². The third kappa shape index (κ3) is 2.68. The van der Waals surface area contributed by atoms with Crippen molar-refractivity contribution in [3.8, 4) is 0 Å². The van der Waals surface area contributed by atoms with Crippen LogP contribution in [0.1, 0.15) is 19.3 Å². The van der Waals surface area contributed by atoms with Gasteiger partial charge in [-0.15, -0.1) is 11.8 Å². The van der Waals surface area contributed by atoms with Crippen LogP contribution in [0.5, 0.6) is 0 Å². The van der Waals surface area contributed by atoms with Crippen molar-refractivity contribution < 1.29 is 14.6 Å². The smallest absolute Gasteiger partial charge is 0.303 e. The number of thioether (sulfide) groups is 1. The quantitative estimate of drug-likeness (QED) is 0.734. The second-order valence-corrected chi connectivity index (χ2v) is 4.18. The van der Waals surface area contributed by atoms with Crippen molar-refractivity contribution >= 4 is 17.7 Å². The monoisotopic (exact) mass is 190 g/mol. The molecule has 4 heteroatoms. The second kappa shape index (κ2) is 4.72. The zero-order chi connectivity index (χ0) is 8.97. The van der Waals surface area contributed by atoms with E-state index in [2.05, 4.69) is 0 Å². The number of hydrogen-bond acceptors (Lipinski definition) is 3. The third-order valence-corrected chi connectivity index (χ3v) is 3.49. The molecule has 0 amide bonds. The van der Waals surface area contributed by atoms with E-state index in [1.165, 1.54) is 0 Å². The standard InChI is InChI=1S/C8H14O3S/c1-11-8-6(5-7(9)10)3-2-4-12-8/h6,8H,2-5H2,1H3,(H,9,10). The molecule has 0 aliphatic carbocycles. The minimum absolute atomic E-state index is 0.0925. The van der Waals surface area contributed by atoms with E-state index < -0.39 is 5.97 Å². The molecule has 1 fully saturated rings. The lowest BCUT2D eigenvalue weighted by Crippen LogP contribution is -2.26. The second-order valence-electron chi connectivity index (χ2n) is 2.98. The number of methoxy groups -OCH3 is 1. The Morgan fingerprint density at radius 3 is 3.08 bits per heavy atom. The van der Waals surface area contributed by atoms with E-state index in [-0.39, 0.29) is 17.8 Å². The molecule has 1 heterocycles. The van der Waals surface area contributed by atoms with Crippen molar-refractivity contribution in [1.82, 2.24) is 0 Å². The Morgan fingerprint density at radius 2 is 2.50 bits per heavy atom. The molecule has 1 saturated heterocycles. The Bertz CT molecular complexity index is 160. The predicted molar refractivity (Wildman–Crippen MR) is 48.2 cm³/mol. The molecule has 1 aliphatic rings. The summed E-state index contributed by atoms with van der Waals surface area (Å²) in [6.45, 7) is 0. The van der Waals surface area contributed by atoms with Gasteiger partial charge in [0.15, 0.2) is 0 Å². The highest BCUT2D eigenvalue weighted by atomic mass is 32.2. The number of ether oxygens (including phenoxy) is 1. The number of carboxylic acid groups (broad SMARTS) is 1. The highest BCUT2D eigenvalue weighted by molar-refractivity contribution is 7.99. The van der Waals surface area contributed by atoms with Gasteiger partial charge in [-0.25, -0.2) is 0 Å². The van der Waals surface area contributed by atoms with Gasteiger partial charge in [0, 0.05) is 13.0 Å².